The highest BCUT2D eigenvalue weighted by Gasteiger charge is 2.15. The first-order valence-corrected chi connectivity index (χ1v) is 6.15. The Labute approximate surface area is 115 Å². The number of carbonyl (C=O) groups is 1. The first-order valence-electron chi connectivity index (χ1n) is 5.77. The van der Waals surface area contributed by atoms with Crippen LogP contribution in [0.25, 0.3) is 0 Å². The zero-order valence-electron chi connectivity index (χ0n) is 10.3. The molecule has 19 heavy (non-hydrogen) atoms. The van der Waals surface area contributed by atoms with Gasteiger partial charge in [-0.25, -0.2) is 4.79 Å². The van der Waals surface area contributed by atoms with Gasteiger partial charge in [-0.15, -0.1) is 0 Å². The lowest BCUT2D eigenvalue weighted by molar-refractivity contribution is 0.0692. The number of hydrogen-bond donors (Lipinski definition) is 1. The van der Waals surface area contributed by atoms with Crippen molar-refractivity contribution in [1.82, 2.24) is 9.78 Å². The van der Waals surface area contributed by atoms with Crippen LogP contribution in [0, 0.1) is 0 Å². The number of aryl methyl sites for hydroxylation is 1. The largest absolute Gasteiger partial charge is 0.488 e. The van der Waals surface area contributed by atoms with Gasteiger partial charge in [-0.05, 0) is 19.1 Å². The van der Waals surface area contributed by atoms with Crippen LogP contribution in [-0.4, -0.2) is 20.9 Å². The molecule has 6 heteroatoms. The molecule has 1 N–H and O–H groups in total. The van der Waals surface area contributed by atoms with Gasteiger partial charge < -0.3 is 9.84 Å². The van der Waals surface area contributed by atoms with Gasteiger partial charge in [0.15, 0.2) is 0 Å². The Morgan fingerprint density at radius 2 is 2.32 bits per heavy atom. The molecular weight excluding hydrogens is 268 g/mol. The minimum Gasteiger partial charge on any atom is -0.488 e. The fourth-order valence-electron chi connectivity index (χ4n) is 1.65. The van der Waals surface area contributed by atoms with Crippen LogP contribution in [0.2, 0.25) is 5.02 Å². The third-order valence-corrected chi connectivity index (χ3v) is 2.91. The molecule has 0 unspecified atom stereocenters. The summed E-state index contributed by atoms with van der Waals surface area (Å²) in [5.41, 5.74) is 0.852. The van der Waals surface area contributed by atoms with Crippen molar-refractivity contribution in [3.63, 3.8) is 0 Å². The number of halogens is 1. The molecule has 0 aliphatic carbocycles. The van der Waals surface area contributed by atoms with Crippen molar-refractivity contribution < 1.29 is 14.6 Å². The van der Waals surface area contributed by atoms with Gasteiger partial charge in [0, 0.05) is 18.3 Å². The summed E-state index contributed by atoms with van der Waals surface area (Å²) in [6.07, 6.45) is 3.54. The van der Waals surface area contributed by atoms with Gasteiger partial charge in [0.25, 0.3) is 0 Å². The summed E-state index contributed by atoms with van der Waals surface area (Å²) < 4.78 is 7.28. The third kappa shape index (κ3) is 3.06. The van der Waals surface area contributed by atoms with E-state index in [4.69, 9.17) is 21.4 Å². The molecule has 2 rings (SSSR count). The number of aromatic carboxylic acids is 1. The van der Waals surface area contributed by atoms with Gasteiger partial charge in [0.1, 0.15) is 17.9 Å². The van der Waals surface area contributed by atoms with Crippen LogP contribution in [0.5, 0.6) is 5.75 Å². The van der Waals surface area contributed by atoms with Crippen LogP contribution in [0.1, 0.15) is 22.8 Å². The minimum absolute atomic E-state index is 0.0212. The van der Waals surface area contributed by atoms with Gasteiger partial charge >= 0.3 is 5.97 Å². The van der Waals surface area contributed by atoms with Crippen molar-refractivity contribution >= 4 is 17.6 Å². The average Bonchev–Trinajstić information content (AvgIpc) is 2.83. The predicted molar refractivity (Wildman–Crippen MR) is 70.6 cm³/mol. The first-order chi connectivity index (χ1) is 9.11. The number of ether oxygens (including phenoxy) is 1. The van der Waals surface area contributed by atoms with E-state index < -0.39 is 5.97 Å². The van der Waals surface area contributed by atoms with Gasteiger partial charge in [0.2, 0.25) is 0 Å². The smallest absolute Gasteiger partial charge is 0.341 e. The number of benzene rings is 1. The van der Waals surface area contributed by atoms with Gasteiger partial charge in [-0.1, -0.05) is 17.7 Å². The monoisotopic (exact) mass is 280 g/mol. The van der Waals surface area contributed by atoms with E-state index in [1.165, 1.54) is 6.07 Å². The number of rotatable bonds is 5. The zero-order valence-corrected chi connectivity index (χ0v) is 11.1. The maximum absolute atomic E-state index is 11.1. The third-order valence-electron chi connectivity index (χ3n) is 2.59. The SMILES string of the molecule is CCn1cc(COc2cccc(Cl)c2C(=O)O)cn1. The Hall–Kier alpha value is -2.01. The second-order valence-corrected chi connectivity index (χ2v) is 4.32. The summed E-state index contributed by atoms with van der Waals surface area (Å²) in [4.78, 5) is 11.1. The lowest BCUT2D eigenvalue weighted by Gasteiger charge is -2.09. The Morgan fingerprint density at radius 1 is 1.53 bits per heavy atom. The molecule has 0 aliphatic heterocycles. The summed E-state index contributed by atoms with van der Waals surface area (Å²) in [6, 6.07) is 4.76. The van der Waals surface area contributed by atoms with E-state index in [9.17, 15) is 4.79 Å². The molecule has 0 fully saturated rings. The van der Waals surface area contributed by atoms with E-state index in [2.05, 4.69) is 5.10 Å². The fourth-order valence-corrected chi connectivity index (χ4v) is 1.89. The quantitative estimate of drug-likeness (QED) is 0.915. The average molecular weight is 281 g/mol. The zero-order chi connectivity index (χ0) is 13.8. The number of hydrogen-bond acceptors (Lipinski definition) is 3. The Morgan fingerprint density at radius 3 is 2.95 bits per heavy atom. The maximum Gasteiger partial charge on any atom is 0.341 e. The molecule has 0 spiro atoms. The Balaban J connectivity index is 2.15. The van der Waals surface area contributed by atoms with Crippen molar-refractivity contribution in [2.24, 2.45) is 0 Å². The van der Waals surface area contributed by atoms with E-state index in [1.54, 1.807) is 23.0 Å². The molecule has 0 saturated carbocycles. The molecule has 0 bridgehead atoms. The molecule has 100 valence electrons. The van der Waals surface area contributed by atoms with E-state index in [-0.39, 0.29) is 22.9 Å². The summed E-state index contributed by atoms with van der Waals surface area (Å²) >= 11 is 5.86. The molecule has 0 aliphatic rings. The molecule has 0 atom stereocenters. The molecule has 2 aromatic rings. The highest BCUT2D eigenvalue weighted by molar-refractivity contribution is 6.33. The van der Waals surface area contributed by atoms with Gasteiger partial charge in [0.05, 0.1) is 11.2 Å². The van der Waals surface area contributed by atoms with E-state index >= 15 is 0 Å². The van der Waals surface area contributed by atoms with Crippen molar-refractivity contribution in [3.05, 3.63) is 46.7 Å². The normalized spacial score (nSPS) is 10.4. The number of nitrogens with zero attached hydrogens (tertiary/aromatic N) is 2. The van der Waals surface area contributed by atoms with Crippen LogP contribution in [-0.2, 0) is 13.2 Å². The van der Waals surface area contributed by atoms with E-state index in [1.807, 2.05) is 13.1 Å². The molecule has 0 radical (unpaired) electrons. The highest BCUT2D eigenvalue weighted by Crippen LogP contribution is 2.27. The number of aromatic nitrogens is 2. The van der Waals surface area contributed by atoms with Crippen molar-refractivity contribution in [3.8, 4) is 5.75 Å². The summed E-state index contributed by atoms with van der Waals surface area (Å²) in [5, 5.41) is 13.4. The van der Waals surface area contributed by atoms with Crippen LogP contribution in [0.4, 0.5) is 0 Å². The molecule has 0 amide bonds. The van der Waals surface area contributed by atoms with Gasteiger partial charge in [-0.3, -0.25) is 4.68 Å². The molecular formula is C13H13ClN2O3. The summed E-state index contributed by atoms with van der Waals surface area (Å²) in [5.74, 6) is -0.853. The molecule has 1 aromatic carbocycles. The Kier molecular flexibility index (Phi) is 4.06. The van der Waals surface area contributed by atoms with Crippen molar-refractivity contribution in [2.75, 3.05) is 0 Å². The predicted octanol–water partition coefficient (Wildman–Crippen LogP) is 2.83. The number of carboxylic acid groups (broad SMARTS) is 1. The Bertz CT molecular complexity index is 595. The molecule has 5 nitrogen and oxygen atoms in total. The van der Waals surface area contributed by atoms with Crippen molar-refractivity contribution in [1.29, 1.82) is 0 Å². The molecule has 1 heterocycles. The highest BCUT2D eigenvalue weighted by atomic mass is 35.5. The summed E-state index contributed by atoms with van der Waals surface area (Å²) in [7, 11) is 0. The lowest BCUT2D eigenvalue weighted by Crippen LogP contribution is -2.04. The maximum atomic E-state index is 11.1. The topological polar surface area (TPSA) is 64.3 Å². The second kappa shape index (κ2) is 5.75. The summed E-state index contributed by atoms with van der Waals surface area (Å²) in [6.45, 7) is 3.01. The van der Waals surface area contributed by atoms with Crippen LogP contribution in [0.3, 0.4) is 0 Å². The second-order valence-electron chi connectivity index (χ2n) is 3.91. The van der Waals surface area contributed by atoms with E-state index in [0.29, 0.717) is 0 Å². The van der Waals surface area contributed by atoms with E-state index in [0.717, 1.165) is 12.1 Å². The first kappa shape index (κ1) is 13.4. The van der Waals surface area contributed by atoms with Crippen molar-refractivity contribution in [2.45, 2.75) is 20.1 Å². The molecule has 1 aromatic heterocycles. The minimum atomic E-state index is -1.11. The lowest BCUT2D eigenvalue weighted by atomic mass is 10.2. The van der Waals surface area contributed by atoms with Crippen LogP contribution in [0.15, 0.2) is 30.6 Å². The van der Waals surface area contributed by atoms with Crippen LogP contribution >= 0.6 is 11.6 Å². The van der Waals surface area contributed by atoms with Crippen LogP contribution < -0.4 is 4.74 Å². The standard InChI is InChI=1S/C13H13ClN2O3/c1-2-16-7-9(6-15-16)8-19-11-5-3-4-10(14)12(11)13(17)18/h3-7H,2,8H2,1H3,(H,17,18). The fraction of sp³-hybridized carbons (Fsp3) is 0.231. The number of carboxylic acids is 1. The molecule has 0 saturated heterocycles. The van der Waals surface area contributed by atoms with Gasteiger partial charge in [-0.2, -0.15) is 5.10 Å².